The SMILES string of the molecule is N=C(N)NCCCNCc1cc(=O)oc2ccc(CNC(=O)ON3C(=O)CCC3O)cc12. The minimum Gasteiger partial charge on any atom is -0.423 e. The second-order valence-corrected chi connectivity index (χ2v) is 7.26. The molecule has 2 amide bonds. The van der Waals surface area contributed by atoms with Crippen LogP contribution in [0.15, 0.2) is 33.5 Å². The third kappa shape index (κ3) is 6.18. The van der Waals surface area contributed by atoms with Crippen molar-refractivity contribution in [2.45, 2.75) is 38.6 Å². The smallest absolute Gasteiger partial charge is 0.423 e. The van der Waals surface area contributed by atoms with Crippen LogP contribution < -0.4 is 27.3 Å². The molecule has 3 rings (SSSR count). The average Bonchev–Trinajstić information content (AvgIpc) is 3.06. The lowest BCUT2D eigenvalue weighted by molar-refractivity contribution is -0.189. The molecule has 7 N–H and O–H groups in total. The largest absolute Gasteiger partial charge is 0.432 e. The highest BCUT2D eigenvalue weighted by Crippen LogP contribution is 2.20. The van der Waals surface area contributed by atoms with Crippen LogP contribution in [0.5, 0.6) is 0 Å². The number of rotatable bonds is 9. The second kappa shape index (κ2) is 10.6. The summed E-state index contributed by atoms with van der Waals surface area (Å²) in [6, 6.07) is 6.55. The van der Waals surface area contributed by atoms with E-state index in [1.165, 1.54) is 6.07 Å². The summed E-state index contributed by atoms with van der Waals surface area (Å²) in [5.41, 5.74) is 6.66. The number of hydrogen-bond donors (Lipinski definition) is 6. The van der Waals surface area contributed by atoms with E-state index in [-0.39, 0.29) is 25.3 Å². The number of aliphatic hydroxyl groups is 1. The maximum absolute atomic E-state index is 12.0. The van der Waals surface area contributed by atoms with Crippen LogP contribution in [0.3, 0.4) is 0 Å². The summed E-state index contributed by atoms with van der Waals surface area (Å²) in [6.07, 6.45) is -0.921. The van der Waals surface area contributed by atoms with Crippen LogP contribution in [-0.4, -0.2) is 47.4 Å². The van der Waals surface area contributed by atoms with Crippen molar-refractivity contribution >= 4 is 28.9 Å². The zero-order chi connectivity index (χ0) is 23.1. The normalized spacial score (nSPS) is 15.7. The third-order valence-electron chi connectivity index (χ3n) is 4.80. The summed E-state index contributed by atoms with van der Waals surface area (Å²) >= 11 is 0. The summed E-state index contributed by atoms with van der Waals surface area (Å²) in [5.74, 6) is -0.535. The molecule has 32 heavy (non-hydrogen) atoms. The molecule has 1 fully saturated rings. The second-order valence-electron chi connectivity index (χ2n) is 7.26. The minimum atomic E-state index is -1.13. The van der Waals surface area contributed by atoms with E-state index in [0.717, 1.165) is 22.9 Å². The Morgan fingerprint density at radius 2 is 2.06 bits per heavy atom. The highest BCUT2D eigenvalue weighted by Gasteiger charge is 2.32. The van der Waals surface area contributed by atoms with Gasteiger partial charge in [-0.15, -0.1) is 5.06 Å². The predicted molar refractivity (Wildman–Crippen MR) is 114 cm³/mol. The summed E-state index contributed by atoms with van der Waals surface area (Å²) in [5, 5.41) is 26.6. The Morgan fingerprint density at radius 1 is 1.25 bits per heavy atom. The number of nitrogens with zero attached hydrogens (tertiary/aromatic N) is 1. The number of amides is 2. The van der Waals surface area contributed by atoms with Crippen LogP contribution in [0.25, 0.3) is 11.0 Å². The number of guanidine groups is 1. The van der Waals surface area contributed by atoms with Crippen molar-refractivity contribution in [1.29, 1.82) is 5.41 Å². The molecule has 12 heteroatoms. The van der Waals surface area contributed by atoms with E-state index < -0.39 is 23.9 Å². The predicted octanol–water partition coefficient (Wildman–Crippen LogP) is -0.162. The van der Waals surface area contributed by atoms with Gasteiger partial charge in [-0.05, 0) is 36.2 Å². The Labute approximate surface area is 183 Å². The molecule has 0 radical (unpaired) electrons. The molecule has 2 aromatic rings. The molecule has 1 aliphatic heterocycles. The van der Waals surface area contributed by atoms with Gasteiger partial charge < -0.3 is 36.0 Å². The molecule has 172 valence electrons. The minimum absolute atomic E-state index is 0.0788. The number of benzene rings is 1. The number of aliphatic hydroxyl groups excluding tert-OH is 1. The number of nitrogens with two attached hydrogens (primary N) is 1. The Morgan fingerprint density at radius 3 is 2.78 bits per heavy atom. The summed E-state index contributed by atoms with van der Waals surface area (Å²) in [6.45, 7) is 1.74. The maximum Gasteiger partial charge on any atom is 0.432 e. The zero-order valence-electron chi connectivity index (χ0n) is 17.3. The van der Waals surface area contributed by atoms with Crippen LogP contribution in [-0.2, 0) is 22.7 Å². The van der Waals surface area contributed by atoms with Gasteiger partial charge >= 0.3 is 11.7 Å². The zero-order valence-corrected chi connectivity index (χ0v) is 17.3. The number of hydroxylamine groups is 2. The van der Waals surface area contributed by atoms with Gasteiger partial charge in [-0.1, -0.05) is 6.07 Å². The van der Waals surface area contributed by atoms with Gasteiger partial charge in [0.25, 0.3) is 5.91 Å². The molecule has 2 heterocycles. The monoisotopic (exact) mass is 446 g/mol. The number of carbonyl (C=O) groups excluding carboxylic acids is 2. The number of fused-ring (bicyclic) bond motifs is 1. The first-order valence-corrected chi connectivity index (χ1v) is 10.1. The highest BCUT2D eigenvalue weighted by molar-refractivity contribution is 5.81. The molecule has 1 aromatic heterocycles. The molecule has 0 spiro atoms. The summed E-state index contributed by atoms with van der Waals surface area (Å²) in [7, 11) is 0. The molecule has 0 bridgehead atoms. The first kappa shape index (κ1) is 23.0. The number of carbonyl (C=O) groups is 2. The molecule has 0 aliphatic carbocycles. The Hall–Kier alpha value is -3.64. The van der Waals surface area contributed by atoms with E-state index in [0.29, 0.717) is 30.3 Å². The van der Waals surface area contributed by atoms with Crippen LogP contribution in [0.1, 0.15) is 30.4 Å². The molecule has 12 nitrogen and oxygen atoms in total. The van der Waals surface area contributed by atoms with E-state index in [2.05, 4.69) is 16.0 Å². The number of hydrogen-bond acceptors (Lipinski definition) is 8. The van der Waals surface area contributed by atoms with Crippen molar-refractivity contribution in [3.05, 3.63) is 45.8 Å². The first-order chi connectivity index (χ1) is 15.3. The summed E-state index contributed by atoms with van der Waals surface area (Å²) < 4.78 is 5.25. The first-order valence-electron chi connectivity index (χ1n) is 10.1. The molecule has 1 atom stereocenters. The lowest BCUT2D eigenvalue weighted by atomic mass is 10.1. The topological polar surface area (TPSA) is 183 Å². The van der Waals surface area contributed by atoms with Gasteiger partial charge in [0.1, 0.15) is 5.58 Å². The quantitative estimate of drug-likeness (QED) is 0.132. The van der Waals surface area contributed by atoms with E-state index in [1.54, 1.807) is 18.2 Å². The average molecular weight is 446 g/mol. The van der Waals surface area contributed by atoms with Crippen molar-refractivity contribution in [3.8, 4) is 0 Å². The van der Waals surface area contributed by atoms with Crippen molar-refractivity contribution in [2.75, 3.05) is 13.1 Å². The van der Waals surface area contributed by atoms with Crippen LogP contribution in [0.2, 0.25) is 0 Å². The van der Waals surface area contributed by atoms with Crippen molar-refractivity contribution in [3.63, 3.8) is 0 Å². The van der Waals surface area contributed by atoms with E-state index in [4.69, 9.17) is 20.4 Å². The molecule has 1 unspecified atom stereocenters. The molecular formula is C20H26N6O6. The van der Waals surface area contributed by atoms with Gasteiger partial charge in [-0.2, -0.15) is 0 Å². The van der Waals surface area contributed by atoms with Crippen molar-refractivity contribution in [2.24, 2.45) is 5.73 Å². The fraction of sp³-hybridized carbons (Fsp3) is 0.400. The molecule has 1 aliphatic rings. The van der Waals surface area contributed by atoms with Gasteiger partial charge in [0, 0.05) is 43.9 Å². The van der Waals surface area contributed by atoms with Gasteiger partial charge in [0.2, 0.25) is 0 Å². The molecule has 0 saturated carbocycles. The fourth-order valence-corrected chi connectivity index (χ4v) is 3.24. The van der Waals surface area contributed by atoms with Gasteiger partial charge in [-0.25, -0.2) is 9.59 Å². The van der Waals surface area contributed by atoms with Crippen LogP contribution >= 0.6 is 0 Å². The third-order valence-corrected chi connectivity index (χ3v) is 4.80. The van der Waals surface area contributed by atoms with E-state index in [1.807, 2.05) is 0 Å². The van der Waals surface area contributed by atoms with Gasteiger partial charge in [-0.3, -0.25) is 10.2 Å². The van der Waals surface area contributed by atoms with Crippen LogP contribution in [0, 0.1) is 5.41 Å². The van der Waals surface area contributed by atoms with Crippen molar-refractivity contribution < 1.29 is 24.0 Å². The Kier molecular flexibility index (Phi) is 7.63. The summed E-state index contributed by atoms with van der Waals surface area (Å²) in [4.78, 5) is 40.3. The van der Waals surface area contributed by atoms with Crippen LogP contribution in [0.4, 0.5) is 4.79 Å². The van der Waals surface area contributed by atoms with Gasteiger partial charge in [0.05, 0.1) is 0 Å². The lowest BCUT2D eigenvalue weighted by Gasteiger charge is -2.18. The van der Waals surface area contributed by atoms with E-state index >= 15 is 0 Å². The maximum atomic E-state index is 12.0. The number of nitrogens with one attached hydrogen (secondary N) is 4. The highest BCUT2D eigenvalue weighted by atomic mass is 16.7. The molecule has 1 saturated heterocycles. The fourth-order valence-electron chi connectivity index (χ4n) is 3.24. The van der Waals surface area contributed by atoms with E-state index in [9.17, 15) is 19.5 Å². The molecular weight excluding hydrogens is 420 g/mol. The molecule has 1 aromatic carbocycles. The standard InChI is InChI=1S/C20H26N6O6/c21-19(22)24-7-1-6-23-11-13-9-18(29)31-15-3-2-12(8-14(13)15)10-25-20(30)32-26-16(27)4-5-17(26)28/h2-3,8-9,16,23,27H,1,4-7,10-11H2,(H,25,30)(H4,21,22,24). The van der Waals surface area contributed by atoms with Gasteiger partial charge in [0.15, 0.2) is 12.2 Å². The lowest BCUT2D eigenvalue weighted by Crippen LogP contribution is -2.38. The van der Waals surface area contributed by atoms with Crippen molar-refractivity contribution in [1.82, 2.24) is 21.0 Å². The Bertz CT molecular complexity index is 1050. The Balaban J connectivity index is 1.60.